The molecule has 4 aromatic rings. The molecule has 0 N–H and O–H groups in total. The fraction of sp³-hybridized carbons (Fsp3) is 0.158. The number of hydrogen-bond acceptors (Lipinski definition) is 7. The summed E-state index contributed by atoms with van der Waals surface area (Å²) in [6, 6.07) is 16.0. The van der Waals surface area contributed by atoms with Crippen LogP contribution in [0.1, 0.15) is 23.8 Å². The van der Waals surface area contributed by atoms with Crippen molar-refractivity contribution in [2.24, 2.45) is 0 Å². The molecule has 0 radical (unpaired) electrons. The molecule has 26 heavy (non-hydrogen) atoms. The molecule has 0 aliphatic carbocycles. The molecule has 1 atom stereocenters. The van der Waals surface area contributed by atoms with E-state index >= 15 is 0 Å². The number of hydrogen-bond donors (Lipinski definition) is 0. The van der Waals surface area contributed by atoms with Gasteiger partial charge in [-0.1, -0.05) is 48.2 Å². The molecule has 0 amide bonds. The quantitative estimate of drug-likeness (QED) is 0.340. The number of thiophene rings is 1. The summed E-state index contributed by atoms with van der Waals surface area (Å²) in [6.07, 6.45) is 0. The predicted octanol–water partition coefficient (Wildman–Crippen LogP) is 5.42. The maximum Gasteiger partial charge on any atom is 0.257 e. The Hall–Kier alpha value is -2.51. The molecule has 7 heteroatoms. The van der Waals surface area contributed by atoms with Crippen molar-refractivity contribution in [2.75, 3.05) is 0 Å². The molecule has 0 spiro atoms. The molecule has 3 aromatic heterocycles. The summed E-state index contributed by atoms with van der Waals surface area (Å²) in [6.45, 7) is 3.99. The fourth-order valence-corrected chi connectivity index (χ4v) is 3.96. The van der Waals surface area contributed by atoms with Gasteiger partial charge < -0.3 is 4.42 Å². The van der Waals surface area contributed by atoms with E-state index in [2.05, 4.69) is 15.2 Å². The van der Waals surface area contributed by atoms with Crippen LogP contribution in [-0.2, 0) is 0 Å². The van der Waals surface area contributed by atoms with E-state index in [1.54, 1.807) is 11.3 Å². The summed E-state index contributed by atoms with van der Waals surface area (Å²) in [5, 5.41) is 11.0. The van der Waals surface area contributed by atoms with E-state index in [1.807, 2.05) is 67.8 Å². The van der Waals surface area contributed by atoms with Gasteiger partial charge in [0, 0.05) is 11.3 Å². The third-order valence-corrected chi connectivity index (χ3v) is 5.51. The second-order valence-electron chi connectivity index (χ2n) is 5.73. The average molecular weight is 380 g/mol. The highest BCUT2D eigenvalue weighted by Crippen LogP contribution is 2.35. The lowest BCUT2D eigenvalue weighted by Gasteiger charge is -2.08. The number of rotatable bonds is 5. The molecule has 130 valence electrons. The Kier molecular flexibility index (Phi) is 4.81. The molecule has 0 aliphatic heterocycles. The second-order valence-corrected chi connectivity index (χ2v) is 7.98. The van der Waals surface area contributed by atoms with Gasteiger partial charge >= 0.3 is 0 Å². The van der Waals surface area contributed by atoms with Crippen LogP contribution < -0.4 is 0 Å². The van der Waals surface area contributed by atoms with Crippen molar-refractivity contribution in [3.8, 4) is 22.0 Å². The van der Waals surface area contributed by atoms with E-state index in [9.17, 15) is 0 Å². The van der Waals surface area contributed by atoms with Crippen molar-refractivity contribution in [1.29, 1.82) is 0 Å². The van der Waals surface area contributed by atoms with Crippen molar-refractivity contribution in [1.82, 2.24) is 20.2 Å². The fourth-order valence-electron chi connectivity index (χ4n) is 2.46. The number of aryl methyl sites for hydroxylation is 1. The van der Waals surface area contributed by atoms with Crippen LogP contribution in [0.2, 0.25) is 0 Å². The molecule has 1 aromatic carbocycles. The number of nitrogens with zero attached hydrogens (tertiary/aromatic N) is 4. The molecular formula is C19H16N4OS2. The second kappa shape index (κ2) is 7.39. The van der Waals surface area contributed by atoms with Gasteiger partial charge in [0.15, 0.2) is 5.16 Å². The number of aromatic nitrogens is 4. The minimum atomic E-state index is -0.0402. The zero-order valence-corrected chi connectivity index (χ0v) is 15.9. The predicted molar refractivity (Wildman–Crippen MR) is 104 cm³/mol. The lowest BCUT2D eigenvalue weighted by molar-refractivity contribution is 0.510. The maximum atomic E-state index is 5.82. The standard InChI is InChI=1S/C19H16N4OS2/c1-12-11-15(14-7-4-3-5-8-14)21-19(20-12)26-13(2)17-22-23-18(24-17)16-9-6-10-25-16/h3-11,13H,1-2H3/t13-/m1/s1. The third-order valence-electron chi connectivity index (χ3n) is 3.71. The highest BCUT2D eigenvalue weighted by molar-refractivity contribution is 7.99. The molecule has 5 nitrogen and oxygen atoms in total. The summed E-state index contributed by atoms with van der Waals surface area (Å²) in [4.78, 5) is 10.2. The number of benzene rings is 1. The molecule has 0 bridgehead atoms. The minimum absolute atomic E-state index is 0.0402. The van der Waals surface area contributed by atoms with Crippen LogP contribution in [0.3, 0.4) is 0 Å². The lowest BCUT2D eigenvalue weighted by atomic mass is 10.1. The van der Waals surface area contributed by atoms with Crippen LogP contribution in [0.15, 0.2) is 63.5 Å². The first-order valence-electron chi connectivity index (χ1n) is 8.14. The van der Waals surface area contributed by atoms with Gasteiger partial charge in [-0.05, 0) is 31.4 Å². The van der Waals surface area contributed by atoms with Crippen molar-refractivity contribution >= 4 is 23.1 Å². The zero-order valence-electron chi connectivity index (χ0n) is 14.3. The average Bonchev–Trinajstić information content (AvgIpc) is 3.33. The van der Waals surface area contributed by atoms with E-state index in [0.717, 1.165) is 21.8 Å². The minimum Gasteiger partial charge on any atom is -0.419 e. The van der Waals surface area contributed by atoms with E-state index in [4.69, 9.17) is 9.40 Å². The largest absolute Gasteiger partial charge is 0.419 e. The first-order chi connectivity index (χ1) is 12.7. The van der Waals surface area contributed by atoms with Gasteiger partial charge in [-0.3, -0.25) is 0 Å². The SMILES string of the molecule is Cc1cc(-c2ccccc2)nc(S[C@H](C)c2nnc(-c3cccs3)o2)n1. The maximum absolute atomic E-state index is 5.82. The zero-order chi connectivity index (χ0) is 17.9. The van der Waals surface area contributed by atoms with Gasteiger partial charge in [0.1, 0.15) is 0 Å². The van der Waals surface area contributed by atoms with Crippen LogP contribution in [0.5, 0.6) is 0 Å². The van der Waals surface area contributed by atoms with Gasteiger partial charge in [-0.15, -0.1) is 21.5 Å². The Balaban J connectivity index is 1.56. The third kappa shape index (κ3) is 3.68. The highest BCUT2D eigenvalue weighted by Gasteiger charge is 2.18. The van der Waals surface area contributed by atoms with Crippen LogP contribution in [-0.4, -0.2) is 20.2 Å². The summed E-state index contributed by atoms with van der Waals surface area (Å²) < 4.78 is 5.82. The summed E-state index contributed by atoms with van der Waals surface area (Å²) in [5.74, 6) is 1.13. The van der Waals surface area contributed by atoms with Crippen LogP contribution in [0, 0.1) is 6.92 Å². The molecule has 0 saturated carbocycles. The highest BCUT2D eigenvalue weighted by atomic mass is 32.2. The van der Waals surface area contributed by atoms with E-state index in [-0.39, 0.29) is 5.25 Å². The summed E-state index contributed by atoms with van der Waals surface area (Å²) in [7, 11) is 0. The molecule has 0 saturated heterocycles. The molecule has 0 aliphatic rings. The van der Waals surface area contributed by atoms with Crippen LogP contribution in [0.25, 0.3) is 22.0 Å². The van der Waals surface area contributed by atoms with Gasteiger partial charge in [0.2, 0.25) is 5.89 Å². The Morgan fingerprint density at radius 3 is 2.65 bits per heavy atom. The molecule has 0 unspecified atom stereocenters. The number of thioether (sulfide) groups is 1. The van der Waals surface area contributed by atoms with Crippen molar-refractivity contribution < 1.29 is 4.42 Å². The van der Waals surface area contributed by atoms with E-state index in [0.29, 0.717) is 16.9 Å². The Labute approximate surface area is 159 Å². The normalized spacial score (nSPS) is 12.2. The first-order valence-corrected chi connectivity index (χ1v) is 9.90. The molecule has 3 heterocycles. The monoisotopic (exact) mass is 380 g/mol. The van der Waals surface area contributed by atoms with Gasteiger partial charge in [-0.25, -0.2) is 9.97 Å². The van der Waals surface area contributed by atoms with Crippen molar-refractivity contribution in [3.63, 3.8) is 0 Å². The van der Waals surface area contributed by atoms with Crippen LogP contribution in [0.4, 0.5) is 0 Å². The van der Waals surface area contributed by atoms with Gasteiger partial charge in [-0.2, -0.15) is 0 Å². The Morgan fingerprint density at radius 1 is 1.04 bits per heavy atom. The van der Waals surface area contributed by atoms with Crippen LogP contribution >= 0.6 is 23.1 Å². The van der Waals surface area contributed by atoms with Crippen molar-refractivity contribution in [3.05, 3.63) is 65.5 Å². The summed E-state index contributed by atoms with van der Waals surface area (Å²) in [5.41, 5.74) is 2.92. The smallest absolute Gasteiger partial charge is 0.257 e. The summed E-state index contributed by atoms with van der Waals surface area (Å²) >= 11 is 3.09. The topological polar surface area (TPSA) is 64.7 Å². The first kappa shape index (κ1) is 16.9. The van der Waals surface area contributed by atoms with Crippen molar-refractivity contribution in [2.45, 2.75) is 24.3 Å². The lowest BCUT2D eigenvalue weighted by Crippen LogP contribution is -1.96. The van der Waals surface area contributed by atoms with Gasteiger partial charge in [0.25, 0.3) is 5.89 Å². The Morgan fingerprint density at radius 2 is 1.88 bits per heavy atom. The molecular weight excluding hydrogens is 364 g/mol. The van der Waals surface area contributed by atoms with E-state index < -0.39 is 0 Å². The molecule has 0 fully saturated rings. The van der Waals surface area contributed by atoms with E-state index in [1.165, 1.54) is 11.8 Å². The van der Waals surface area contributed by atoms with Gasteiger partial charge in [0.05, 0.1) is 15.8 Å². The Bertz CT molecular complexity index is 1000. The molecule has 4 rings (SSSR count).